The van der Waals surface area contributed by atoms with E-state index >= 15 is 0 Å². The first-order valence-electron chi connectivity index (χ1n) is 9.63. The van der Waals surface area contributed by atoms with E-state index in [4.69, 9.17) is 11.6 Å². The van der Waals surface area contributed by atoms with Crippen LogP contribution >= 0.6 is 11.6 Å². The molecule has 148 valence electrons. The first-order chi connectivity index (χ1) is 13.4. The second-order valence-corrected chi connectivity index (χ2v) is 7.58. The summed E-state index contributed by atoms with van der Waals surface area (Å²) in [5.41, 5.74) is 2.33. The van der Waals surface area contributed by atoms with Gasteiger partial charge in [-0.05, 0) is 75.6 Å². The van der Waals surface area contributed by atoms with Gasteiger partial charge in [0, 0.05) is 35.2 Å². The highest BCUT2D eigenvalue weighted by Crippen LogP contribution is 2.47. The van der Waals surface area contributed by atoms with Crippen molar-refractivity contribution >= 4 is 40.5 Å². The Hall–Kier alpha value is -2.53. The van der Waals surface area contributed by atoms with E-state index in [-0.39, 0.29) is 11.8 Å². The fourth-order valence-corrected chi connectivity index (χ4v) is 3.38. The summed E-state index contributed by atoms with van der Waals surface area (Å²) in [6, 6.07) is 13.1. The number of hydrogen-bond acceptors (Lipinski definition) is 3. The predicted molar refractivity (Wildman–Crippen MR) is 115 cm³/mol. The van der Waals surface area contributed by atoms with E-state index in [1.807, 2.05) is 37.3 Å². The van der Waals surface area contributed by atoms with Gasteiger partial charge in [-0.3, -0.25) is 9.59 Å². The van der Waals surface area contributed by atoms with Gasteiger partial charge >= 0.3 is 0 Å². The Balaban J connectivity index is 1.66. The monoisotopic (exact) mass is 399 g/mol. The van der Waals surface area contributed by atoms with Crippen molar-refractivity contribution in [3.8, 4) is 0 Å². The van der Waals surface area contributed by atoms with Gasteiger partial charge in [-0.25, -0.2) is 0 Å². The molecule has 1 aliphatic rings. The van der Waals surface area contributed by atoms with Crippen LogP contribution < -0.4 is 15.5 Å². The Morgan fingerprint density at radius 1 is 0.964 bits per heavy atom. The molecular formula is C22H26ClN3O2. The molecule has 0 radical (unpaired) electrons. The number of rotatable bonds is 7. The van der Waals surface area contributed by atoms with Crippen LogP contribution in [0.3, 0.4) is 0 Å². The second kappa shape index (κ2) is 8.23. The molecule has 28 heavy (non-hydrogen) atoms. The van der Waals surface area contributed by atoms with Crippen molar-refractivity contribution < 1.29 is 9.59 Å². The number of hydrogen-bond donors (Lipinski definition) is 2. The largest absolute Gasteiger partial charge is 0.372 e. The molecule has 0 aliphatic heterocycles. The first kappa shape index (κ1) is 20.2. The lowest BCUT2D eigenvalue weighted by Gasteiger charge is -2.21. The summed E-state index contributed by atoms with van der Waals surface area (Å²) in [6.07, 6.45) is 1.09. The lowest BCUT2D eigenvalue weighted by molar-refractivity contribution is -0.131. The van der Waals surface area contributed by atoms with Gasteiger partial charge < -0.3 is 15.5 Å². The lowest BCUT2D eigenvalue weighted by atomic mass is 10.0. The molecule has 0 saturated heterocycles. The van der Waals surface area contributed by atoms with E-state index in [0.29, 0.717) is 29.2 Å². The van der Waals surface area contributed by atoms with Gasteiger partial charge in [0.15, 0.2) is 0 Å². The van der Waals surface area contributed by atoms with E-state index in [1.54, 1.807) is 12.1 Å². The van der Waals surface area contributed by atoms with Gasteiger partial charge in [-0.2, -0.15) is 0 Å². The van der Waals surface area contributed by atoms with Crippen molar-refractivity contribution in [2.45, 2.75) is 33.6 Å². The Bertz CT molecular complexity index is 872. The van der Waals surface area contributed by atoms with Crippen molar-refractivity contribution in [2.24, 2.45) is 5.41 Å². The number of carbonyl (C=O) groups is 2. The van der Waals surface area contributed by atoms with Gasteiger partial charge in [-0.1, -0.05) is 17.7 Å². The second-order valence-electron chi connectivity index (χ2n) is 7.17. The average Bonchev–Trinajstić information content (AvgIpc) is 3.49. The molecule has 0 spiro atoms. The number of halogens is 1. The summed E-state index contributed by atoms with van der Waals surface area (Å²) < 4.78 is 0. The Kier molecular flexibility index (Phi) is 5.94. The van der Waals surface area contributed by atoms with Crippen LogP contribution in [0.5, 0.6) is 0 Å². The fourth-order valence-electron chi connectivity index (χ4n) is 3.20. The molecule has 6 heteroatoms. The Morgan fingerprint density at radius 3 is 2.00 bits per heavy atom. The highest BCUT2D eigenvalue weighted by Gasteiger charge is 2.56. The maximum absolute atomic E-state index is 12.8. The number of anilines is 3. The van der Waals surface area contributed by atoms with Crippen LogP contribution in [-0.4, -0.2) is 24.9 Å². The Labute approximate surface area is 171 Å². The van der Waals surface area contributed by atoms with Crippen molar-refractivity contribution in [2.75, 3.05) is 28.6 Å². The van der Waals surface area contributed by atoms with Gasteiger partial charge in [0.05, 0.1) is 0 Å². The fraction of sp³-hybridized carbons (Fsp3) is 0.364. The number of carbonyl (C=O) groups excluding carboxylic acids is 2. The van der Waals surface area contributed by atoms with Gasteiger partial charge in [0.2, 0.25) is 11.8 Å². The number of nitrogens with zero attached hydrogens (tertiary/aromatic N) is 1. The molecule has 1 saturated carbocycles. The summed E-state index contributed by atoms with van der Waals surface area (Å²) in [6.45, 7) is 7.96. The minimum Gasteiger partial charge on any atom is -0.372 e. The van der Waals surface area contributed by atoms with E-state index < -0.39 is 5.41 Å². The van der Waals surface area contributed by atoms with Crippen molar-refractivity contribution in [1.29, 1.82) is 0 Å². The third-order valence-electron chi connectivity index (χ3n) is 5.30. The molecule has 0 aromatic heterocycles. The van der Waals surface area contributed by atoms with E-state index in [9.17, 15) is 9.59 Å². The van der Waals surface area contributed by atoms with Crippen LogP contribution in [0.25, 0.3) is 0 Å². The standard InChI is InChI=1S/C22H26ClN3O2/c1-4-26(5-2)18-10-8-16(9-11-18)24-20(27)22(12-13-22)21(28)25-17-7-6-15(3)19(23)14-17/h6-11,14H,4-5,12-13H2,1-3H3,(H,24,27)(H,25,28). The molecule has 2 aromatic rings. The van der Waals surface area contributed by atoms with E-state index in [1.165, 1.54) is 0 Å². The third-order valence-corrected chi connectivity index (χ3v) is 5.71. The molecule has 0 bridgehead atoms. The maximum Gasteiger partial charge on any atom is 0.240 e. The summed E-state index contributed by atoms with van der Waals surface area (Å²) in [4.78, 5) is 27.7. The van der Waals surface area contributed by atoms with Crippen molar-refractivity contribution in [1.82, 2.24) is 0 Å². The normalized spacial score (nSPS) is 14.3. The summed E-state index contributed by atoms with van der Waals surface area (Å²) in [7, 11) is 0. The average molecular weight is 400 g/mol. The van der Waals surface area contributed by atoms with Crippen LogP contribution in [0.1, 0.15) is 32.3 Å². The van der Waals surface area contributed by atoms with Crippen LogP contribution in [0.15, 0.2) is 42.5 Å². The molecule has 3 rings (SSSR count). The first-order valence-corrected chi connectivity index (χ1v) is 10.0. The molecule has 5 nitrogen and oxygen atoms in total. The molecule has 0 unspecified atom stereocenters. The number of benzene rings is 2. The smallest absolute Gasteiger partial charge is 0.240 e. The number of aryl methyl sites for hydroxylation is 1. The van der Waals surface area contributed by atoms with E-state index in [2.05, 4.69) is 29.4 Å². The molecule has 1 aliphatic carbocycles. The van der Waals surface area contributed by atoms with E-state index in [0.717, 1.165) is 24.3 Å². The van der Waals surface area contributed by atoms with Crippen LogP contribution in [-0.2, 0) is 9.59 Å². The maximum atomic E-state index is 12.8. The van der Waals surface area contributed by atoms with Crippen molar-refractivity contribution in [3.05, 3.63) is 53.1 Å². The molecule has 2 aromatic carbocycles. The van der Waals surface area contributed by atoms with Gasteiger partial charge in [-0.15, -0.1) is 0 Å². The molecule has 1 fully saturated rings. The molecule has 2 amide bonds. The summed E-state index contributed by atoms with van der Waals surface area (Å²) >= 11 is 6.12. The highest BCUT2D eigenvalue weighted by atomic mass is 35.5. The van der Waals surface area contributed by atoms with Crippen LogP contribution in [0, 0.1) is 12.3 Å². The minimum absolute atomic E-state index is 0.265. The molecular weight excluding hydrogens is 374 g/mol. The predicted octanol–water partition coefficient (Wildman–Crippen LogP) is 4.85. The zero-order valence-electron chi connectivity index (χ0n) is 16.5. The van der Waals surface area contributed by atoms with Gasteiger partial charge in [0.1, 0.15) is 5.41 Å². The zero-order valence-corrected chi connectivity index (χ0v) is 17.3. The van der Waals surface area contributed by atoms with Gasteiger partial charge in [0.25, 0.3) is 0 Å². The third kappa shape index (κ3) is 4.14. The molecule has 0 atom stereocenters. The minimum atomic E-state index is -1.01. The van der Waals surface area contributed by atoms with Crippen LogP contribution in [0.2, 0.25) is 5.02 Å². The molecule has 0 heterocycles. The Morgan fingerprint density at radius 2 is 1.50 bits per heavy atom. The number of amides is 2. The van der Waals surface area contributed by atoms with Crippen LogP contribution in [0.4, 0.5) is 17.1 Å². The summed E-state index contributed by atoms with van der Waals surface area (Å²) in [5.74, 6) is -0.552. The topological polar surface area (TPSA) is 61.4 Å². The zero-order chi connectivity index (χ0) is 20.3. The van der Waals surface area contributed by atoms with Crippen molar-refractivity contribution in [3.63, 3.8) is 0 Å². The lowest BCUT2D eigenvalue weighted by Crippen LogP contribution is -2.35. The SMILES string of the molecule is CCN(CC)c1ccc(NC(=O)C2(C(=O)Nc3ccc(C)c(Cl)c3)CC2)cc1. The summed E-state index contributed by atoms with van der Waals surface area (Å²) in [5, 5.41) is 6.30. The quantitative estimate of drug-likeness (QED) is 0.654. The number of nitrogens with one attached hydrogen (secondary N) is 2. The molecule has 2 N–H and O–H groups in total. The highest BCUT2D eigenvalue weighted by molar-refractivity contribution is 6.31.